The number of halogens is 4. The molecule has 178 valence electrons. The van der Waals surface area contributed by atoms with Gasteiger partial charge in [-0.2, -0.15) is 8.78 Å². The molecular weight excluding hydrogens is 463 g/mol. The summed E-state index contributed by atoms with van der Waals surface area (Å²) in [4.78, 5) is 12.3. The number of alkyl halides is 2. The van der Waals surface area contributed by atoms with E-state index in [9.17, 15) is 13.9 Å². The summed E-state index contributed by atoms with van der Waals surface area (Å²) >= 11 is 6.29. The quantitative estimate of drug-likeness (QED) is 0.490. The largest absolute Gasteiger partial charge is 0.390 e. The highest BCUT2D eigenvalue weighted by molar-refractivity contribution is 6.33. The van der Waals surface area contributed by atoms with Gasteiger partial charge in [0.05, 0.1) is 41.2 Å². The topological polar surface area (TPSA) is 105 Å². The van der Waals surface area contributed by atoms with Gasteiger partial charge in [0.25, 0.3) is 0 Å². The molecule has 1 aliphatic heterocycles. The van der Waals surface area contributed by atoms with Gasteiger partial charge in [-0.1, -0.05) is 11.6 Å². The van der Waals surface area contributed by atoms with E-state index < -0.39 is 36.3 Å². The van der Waals surface area contributed by atoms with Gasteiger partial charge in [-0.15, -0.1) is 0 Å². The molecule has 1 saturated heterocycles. The second-order valence-electron chi connectivity index (χ2n) is 8.16. The molecule has 2 aromatic heterocycles. The van der Waals surface area contributed by atoms with Crippen LogP contribution in [0.5, 0.6) is 0 Å². The molecule has 0 bridgehead atoms. The molecule has 1 aromatic carbocycles. The van der Waals surface area contributed by atoms with Crippen LogP contribution in [-0.4, -0.2) is 61.7 Å². The number of aliphatic hydroxyl groups is 2. The molecule has 33 heavy (non-hydrogen) atoms. The molecule has 3 aromatic rings. The average Bonchev–Trinajstić information content (AvgIpc) is 3.18. The van der Waals surface area contributed by atoms with Crippen LogP contribution in [-0.2, 0) is 10.7 Å². The molecule has 3 N–H and O–H groups in total. The van der Waals surface area contributed by atoms with E-state index in [0.717, 1.165) is 6.07 Å². The van der Waals surface area contributed by atoms with Crippen LogP contribution in [0.1, 0.15) is 32.1 Å². The van der Waals surface area contributed by atoms with E-state index in [0.29, 0.717) is 13.0 Å². The Kier molecular flexibility index (Phi) is 6.50. The number of nitrogens with zero attached hydrogens (tertiary/aromatic N) is 4. The van der Waals surface area contributed by atoms with Crippen LogP contribution in [0.25, 0.3) is 22.3 Å². The zero-order valence-corrected chi connectivity index (χ0v) is 18.7. The third-order valence-corrected chi connectivity index (χ3v) is 5.73. The number of imidazole rings is 1. The van der Waals surface area contributed by atoms with Crippen LogP contribution < -0.4 is 5.32 Å². The van der Waals surface area contributed by atoms with E-state index in [-0.39, 0.29) is 45.9 Å². The zero-order chi connectivity index (χ0) is 23.9. The fourth-order valence-electron chi connectivity index (χ4n) is 3.84. The van der Waals surface area contributed by atoms with Crippen molar-refractivity contribution < 1.29 is 28.1 Å². The first kappa shape index (κ1) is 23.7. The number of benzene rings is 1. The van der Waals surface area contributed by atoms with E-state index in [1.807, 2.05) is 0 Å². The van der Waals surface area contributed by atoms with Crippen LogP contribution in [0.3, 0.4) is 0 Å². The van der Waals surface area contributed by atoms with E-state index in [4.69, 9.17) is 21.4 Å². The van der Waals surface area contributed by atoms with Crippen molar-refractivity contribution in [1.29, 1.82) is 0 Å². The number of aliphatic hydroxyl groups excluding tert-OH is 2. The maximum absolute atomic E-state index is 15.0. The number of aromatic nitrogens is 4. The van der Waals surface area contributed by atoms with Crippen molar-refractivity contribution in [1.82, 2.24) is 19.5 Å². The molecular formula is C21H23ClF3N5O3. The zero-order valence-electron chi connectivity index (χ0n) is 17.9. The Labute approximate surface area is 192 Å². The first-order valence-electron chi connectivity index (χ1n) is 10.4. The van der Waals surface area contributed by atoms with Gasteiger partial charge >= 0.3 is 5.92 Å². The molecule has 0 radical (unpaired) electrons. The summed E-state index contributed by atoms with van der Waals surface area (Å²) in [6.07, 6.45) is 1.13. The predicted molar refractivity (Wildman–Crippen MR) is 116 cm³/mol. The maximum atomic E-state index is 15.0. The van der Waals surface area contributed by atoms with Crippen molar-refractivity contribution in [2.75, 3.05) is 25.1 Å². The van der Waals surface area contributed by atoms with Gasteiger partial charge in [0, 0.05) is 18.2 Å². The summed E-state index contributed by atoms with van der Waals surface area (Å²) in [6, 6.07) is 1.76. The highest BCUT2D eigenvalue weighted by Crippen LogP contribution is 2.36. The lowest BCUT2D eigenvalue weighted by Gasteiger charge is -2.28. The third kappa shape index (κ3) is 4.50. The monoisotopic (exact) mass is 485 g/mol. The number of ether oxygens (including phenoxy) is 1. The van der Waals surface area contributed by atoms with Crippen molar-refractivity contribution in [3.05, 3.63) is 35.0 Å². The molecule has 2 atom stereocenters. The fraction of sp³-hybridized carbons (Fsp3) is 0.476. The minimum atomic E-state index is -3.65. The minimum Gasteiger partial charge on any atom is -0.390 e. The van der Waals surface area contributed by atoms with Crippen LogP contribution >= 0.6 is 11.6 Å². The Morgan fingerprint density at radius 3 is 2.76 bits per heavy atom. The maximum Gasteiger partial charge on any atom is 0.327 e. The Morgan fingerprint density at radius 2 is 2.09 bits per heavy atom. The number of hydrogen-bond donors (Lipinski definition) is 3. The van der Waals surface area contributed by atoms with Crippen molar-refractivity contribution in [2.45, 2.75) is 44.4 Å². The van der Waals surface area contributed by atoms with E-state index in [2.05, 4.69) is 20.3 Å². The molecule has 0 amide bonds. The smallest absolute Gasteiger partial charge is 0.327 e. The van der Waals surface area contributed by atoms with Gasteiger partial charge in [-0.25, -0.2) is 19.3 Å². The third-order valence-electron chi connectivity index (χ3n) is 5.45. The molecule has 0 saturated carbocycles. The number of hydrogen-bond acceptors (Lipinski definition) is 7. The summed E-state index contributed by atoms with van der Waals surface area (Å²) in [5.41, 5.74) is 0.295. The molecule has 1 fully saturated rings. The minimum absolute atomic E-state index is 0.118. The summed E-state index contributed by atoms with van der Waals surface area (Å²) in [7, 11) is 0. The number of anilines is 1. The van der Waals surface area contributed by atoms with Gasteiger partial charge in [0.2, 0.25) is 5.95 Å². The molecule has 0 aliphatic carbocycles. The lowest BCUT2D eigenvalue weighted by Crippen LogP contribution is -2.42. The molecule has 8 nitrogen and oxygen atoms in total. The average molecular weight is 486 g/mol. The van der Waals surface area contributed by atoms with E-state index >= 15 is 4.39 Å². The standard InChI is InChI=1S/C21H23ClF3N5O3/c1-10(2)30-15-6-11(5-13(23)18(15)28-19(30)21(24,25)9-31)17-12(22)7-26-20(29-17)27-14-3-4-33-8-16(14)32/h5-7,10,14,16,31-32H,3-4,8-9H2,1-2H3,(H,26,27,29)/t14-,16-/m1/s1. The van der Waals surface area contributed by atoms with Crippen LogP contribution in [0.15, 0.2) is 18.3 Å². The molecule has 3 heterocycles. The Morgan fingerprint density at radius 1 is 1.33 bits per heavy atom. The highest BCUT2D eigenvalue weighted by Gasteiger charge is 2.38. The van der Waals surface area contributed by atoms with E-state index in [1.54, 1.807) is 13.8 Å². The number of nitrogens with one attached hydrogen (secondary N) is 1. The number of fused-ring (bicyclic) bond motifs is 1. The summed E-state index contributed by atoms with van der Waals surface area (Å²) < 4.78 is 50.1. The highest BCUT2D eigenvalue weighted by atomic mass is 35.5. The van der Waals surface area contributed by atoms with Gasteiger partial charge < -0.3 is 24.8 Å². The summed E-state index contributed by atoms with van der Waals surface area (Å²) in [6.45, 7) is 2.50. The summed E-state index contributed by atoms with van der Waals surface area (Å²) in [5, 5.41) is 22.4. The van der Waals surface area contributed by atoms with Gasteiger partial charge in [-0.05, 0) is 32.4 Å². The SMILES string of the molecule is CC(C)n1c(C(F)(F)CO)nc2c(F)cc(-c3nc(N[C@@H]4CCOC[C@H]4O)ncc3Cl)cc21. The molecule has 1 aliphatic rings. The van der Waals surface area contributed by atoms with Crippen molar-refractivity contribution in [3.8, 4) is 11.3 Å². The van der Waals surface area contributed by atoms with Crippen LogP contribution in [0, 0.1) is 5.82 Å². The van der Waals surface area contributed by atoms with Gasteiger partial charge in [0.15, 0.2) is 11.6 Å². The summed E-state index contributed by atoms with van der Waals surface area (Å²) in [5.74, 6) is -5.04. The van der Waals surface area contributed by atoms with Gasteiger partial charge in [-0.3, -0.25) is 0 Å². The Hall–Kier alpha value is -2.47. The predicted octanol–water partition coefficient (Wildman–Crippen LogP) is 3.51. The van der Waals surface area contributed by atoms with E-state index in [1.165, 1.54) is 16.8 Å². The normalized spacial score (nSPS) is 19.4. The van der Waals surface area contributed by atoms with Crippen LogP contribution in [0.2, 0.25) is 5.02 Å². The lowest BCUT2D eigenvalue weighted by atomic mass is 10.1. The van der Waals surface area contributed by atoms with Crippen LogP contribution in [0.4, 0.5) is 19.1 Å². The molecule has 0 unspecified atom stereocenters. The van der Waals surface area contributed by atoms with Crippen molar-refractivity contribution in [2.24, 2.45) is 0 Å². The lowest BCUT2D eigenvalue weighted by molar-refractivity contribution is -0.0658. The molecule has 4 rings (SSSR count). The van der Waals surface area contributed by atoms with Crippen molar-refractivity contribution in [3.63, 3.8) is 0 Å². The Bertz CT molecular complexity index is 1170. The first-order valence-corrected chi connectivity index (χ1v) is 10.8. The second-order valence-corrected chi connectivity index (χ2v) is 8.57. The first-order chi connectivity index (χ1) is 15.6. The molecule has 0 spiro atoms. The second kappa shape index (κ2) is 9.05. The number of rotatable bonds is 6. The van der Waals surface area contributed by atoms with Gasteiger partial charge in [0.1, 0.15) is 12.1 Å². The Balaban J connectivity index is 1.81. The fourth-order valence-corrected chi connectivity index (χ4v) is 4.04. The molecule has 12 heteroatoms. The van der Waals surface area contributed by atoms with Crippen molar-refractivity contribution >= 4 is 28.6 Å².